The number of amides is 1. The molecule has 3 N–H and O–H groups in total. The topological polar surface area (TPSA) is 100 Å². The van der Waals surface area contributed by atoms with Crippen LogP contribution in [0.15, 0.2) is 67.0 Å². The number of ether oxygens (including phenoxy) is 1. The van der Waals surface area contributed by atoms with Crippen LogP contribution in [-0.2, 0) is 11.2 Å². The Morgan fingerprint density at radius 3 is 2.70 bits per heavy atom. The Balaban J connectivity index is 1.57. The second-order valence-corrected chi connectivity index (χ2v) is 7.34. The number of hydrogen-bond donors (Lipinski definition) is 3. The van der Waals surface area contributed by atoms with Crippen molar-refractivity contribution in [1.29, 1.82) is 0 Å². The number of carbonyl (C=O) groups excluding carboxylic acids is 1. The first-order valence-corrected chi connectivity index (χ1v) is 9.78. The van der Waals surface area contributed by atoms with Crippen molar-refractivity contribution in [1.82, 2.24) is 15.2 Å². The smallest absolute Gasteiger partial charge is 0.411 e. The van der Waals surface area contributed by atoms with E-state index in [0.717, 1.165) is 33.3 Å². The molecule has 0 saturated heterocycles. The summed E-state index contributed by atoms with van der Waals surface area (Å²) in [5.74, 6) is -0.317. The van der Waals surface area contributed by atoms with E-state index in [1.54, 1.807) is 12.4 Å². The third-order valence-electron chi connectivity index (χ3n) is 5.53. The van der Waals surface area contributed by atoms with Gasteiger partial charge >= 0.3 is 6.09 Å². The quantitative estimate of drug-likeness (QED) is 0.483. The first-order chi connectivity index (χ1) is 14.7. The summed E-state index contributed by atoms with van der Waals surface area (Å²) in [5.41, 5.74) is 5.16. The molecule has 0 bridgehead atoms. The molecule has 0 spiro atoms. The Bertz CT molecular complexity index is 1190. The van der Waals surface area contributed by atoms with Crippen molar-refractivity contribution >= 4 is 22.7 Å². The molecule has 30 heavy (non-hydrogen) atoms. The zero-order chi connectivity index (χ0) is 20.5. The number of rotatable bonds is 4. The standard InChI is InChI=1S/C23H20N4O3/c28-13-18(14-4-2-1-3-5-14)21-11-16-10-17-20(12-19(16)25-23(29)30-21)26-27-22(17)15-6-8-24-9-7-15/h1-10,12,18,21,28H,11,13H2,(H,25,29)(H,26,27)/t18-,21?/m1/s1. The number of cyclic esters (lactones) is 1. The fourth-order valence-electron chi connectivity index (χ4n) is 4.02. The molecule has 1 unspecified atom stereocenters. The van der Waals surface area contributed by atoms with Crippen molar-refractivity contribution in [2.75, 3.05) is 11.9 Å². The van der Waals surface area contributed by atoms with Gasteiger partial charge in [-0.1, -0.05) is 30.3 Å². The van der Waals surface area contributed by atoms with E-state index in [1.165, 1.54) is 0 Å². The van der Waals surface area contributed by atoms with Crippen LogP contribution in [0, 0.1) is 0 Å². The summed E-state index contributed by atoms with van der Waals surface area (Å²) >= 11 is 0. The number of carbonyl (C=O) groups is 1. The van der Waals surface area contributed by atoms with Gasteiger partial charge in [0.2, 0.25) is 0 Å². The Kier molecular flexibility index (Phi) is 4.65. The predicted molar refractivity (Wildman–Crippen MR) is 113 cm³/mol. The summed E-state index contributed by atoms with van der Waals surface area (Å²) in [7, 11) is 0. The van der Waals surface area contributed by atoms with Crippen LogP contribution in [0.5, 0.6) is 0 Å². The van der Waals surface area contributed by atoms with Gasteiger partial charge in [0, 0.05) is 41.4 Å². The molecule has 1 amide bonds. The van der Waals surface area contributed by atoms with Crippen molar-refractivity contribution < 1.29 is 14.6 Å². The Hall–Kier alpha value is -3.71. The van der Waals surface area contributed by atoms with Crippen molar-refractivity contribution in [3.8, 4) is 11.3 Å². The van der Waals surface area contributed by atoms with Gasteiger partial charge in [-0.2, -0.15) is 5.10 Å². The summed E-state index contributed by atoms with van der Waals surface area (Å²) in [5, 5.41) is 21.3. The third kappa shape index (κ3) is 3.29. The van der Waals surface area contributed by atoms with Gasteiger partial charge in [-0.15, -0.1) is 0 Å². The normalized spacial score (nSPS) is 17.0. The van der Waals surface area contributed by atoms with E-state index in [9.17, 15) is 9.90 Å². The van der Waals surface area contributed by atoms with Gasteiger partial charge in [-0.05, 0) is 35.4 Å². The number of anilines is 1. The number of aliphatic hydroxyl groups is 1. The Morgan fingerprint density at radius 2 is 1.93 bits per heavy atom. The number of H-pyrrole nitrogens is 1. The van der Waals surface area contributed by atoms with Crippen LogP contribution in [0.1, 0.15) is 17.0 Å². The molecule has 2 atom stereocenters. The number of hydrogen-bond acceptors (Lipinski definition) is 5. The number of nitrogens with zero attached hydrogens (tertiary/aromatic N) is 2. The molecule has 1 aliphatic rings. The highest BCUT2D eigenvalue weighted by molar-refractivity contribution is 5.98. The van der Waals surface area contributed by atoms with Crippen LogP contribution in [0.25, 0.3) is 22.2 Å². The molecule has 0 fully saturated rings. The number of fused-ring (bicyclic) bond motifs is 2. The Labute approximate surface area is 172 Å². The third-order valence-corrected chi connectivity index (χ3v) is 5.53. The summed E-state index contributed by atoms with van der Waals surface area (Å²) in [6.45, 7) is -0.118. The van der Waals surface area contributed by atoms with E-state index in [-0.39, 0.29) is 12.5 Å². The van der Waals surface area contributed by atoms with E-state index < -0.39 is 12.2 Å². The van der Waals surface area contributed by atoms with Crippen LogP contribution in [0.3, 0.4) is 0 Å². The van der Waals surface area contributed by atoms with E-state index in [2.05, 4.69) is 20.5 Å². The van der Waals surface area contributed by atoms with Gasteiger partial charge in [-0.25, -0.2) is 4.79 Å². The predicted octanol–water partition coefficient (Wildman–Crippen LogP) is 3.87. The number of pyridine rings is 1. The number of benzene rings is 2. The van der Waals surface area contributed by atoms with Gasteiger partial charge in [0.15, 0.2) is 0 Å². The second kappa shape index (κ2) is 7.61. The van der Waals surface area contributed by atoms with Crippen LogP contribution >= 0.6 is 0 Å². The molecule has 150 valence electrons. The molecule has 0 saturated carbocycles. The molecular weight excluding hydrogens is 380 g/mol. The second-order valence-electron chi connectivity index (χ2n) is 7.34. The van der Waals surface area contributed by atoms with Gasteiger partial charge < -0.3 is 9.84 Å². The maximum absolute atomic E-state index is 12.4. The average Bonchev–Trinajstić information content (AvgIpc) is 3.10. The molecule has 4 aromatic rings. The molecule has 5 rings (SSSR count). The lowest BCUT2D eigenvalue weighted by Gasteiger charge is -2.24. The van der Waals surface area contributed by atoms with Crippen LogP contribution in [-0.4, -0.2) is 39.1 Å². The largest absolute Gasteiger partial charge is 0.445 e. The first kappa shape index (κ1) is 18.3. The molecular formula is C23H20N4O3. The summed E-state index contributed by atoms with van der Waals surface area (Å²) in [6.07, 6.45) is 2.92. The van der Waals surface area contributed by atoms with E-state index in [0.29, 0.717) is 12.1 Å². The lowest BCUT2D eigenvalue weighted by atomic mass is 9.89. The number of nitrogens with one attached hydrogen (secondary N) is 2. The van der Waals surface area contributed by atoms with Crippen molar-refractivity contribution in [3.05, 3.63) is 78.1 Å². The van der Waals surface area contributed by atoms with Gasteiger partial charge in [-0.3, -0.25) is 15.4 Å². The van der Waals surface area contributed by atoms with Crippen LogP contribution in [0.4, 0.5) is 10.5 Å². The van der Waals surface area contributed by atoms with E-state index >= 15 is 0 Å². The minimum atomic E-state index is -0.527. The highest BCUT2D eigenvalue weighted by atomic mass is 16.6. The van der Waals surface area contributed by atoms with Gasteiger partial charge in [0.05, 0.1) is 12.1 Å². The molecule has 0 aliphatic carbocycles. The molecule has 2 aromatic heterocycles. The van der Waals surface area contributed by atoms with Crippen LogP contribution < -0.4 is 5.32 Å². The van der Waals surface area contributed by atoms with Crippen molar-refractivity contribution in [2.24, 2.45) is 0 Å². The minimum absolute atomic E-state index is 0.118. The van der Waals surface area contributed by atoms with Gasteiger partial charge in [0.1, 0.15) is 11.8 Å². The summed E-state index contributed by atoms with van der Waals surface area (Å²) < 4.78 is 5.68. The highest BCUT2D eigenvalue weighted by Gasteiger charge is 2.31. The molecule has 7 nitrogen and oxygen atoms in total. The molecule has 0 radical (unpaired) electrons. The molecule has 1 aliphatic heterocycles. The lowest BCUT2D eigenvalue weighted by molar-refractivity contribution is 0.0767. The fourth-order valence-corrected chi connectivity index (χ4v) is 4.02. The highest BCUT2D eigenvalue weighted by Crippen LogP contribution is 2.35. The zero-order valence-corrected chi connectivity index (χ0v) is 16.1. The fraction of sp³-hybridized carbons (Fsp3) is 0.174. The lowest BCUT2D eigenvalue weighted by Crippen LogP contribution is -2.29. The average molecular weight is 400 g/mol. The zero-order valence-electron chi connectivity index (χ0n) is 16.1. The van der Waals surface area contributed by atoms with Gasteiger partial charge in [0.25, 0.3) is 0 Å². The SMILES string of the molecule is O=C1Nc2cc3[nH]nc(-c4ccncc4)c3cc2CC([C@H](CO)c2ccccc2)O1. The monoisotopic (exact) mass is 400 g/mol. The number of aromatic nitrogens is 3. The maximum atomic E-state index is 12.4. The molecule has 3 heterocycles. The minimum Gasteiger partial charge on any atom is -0.445 e. The van der Waals surface area contributed by atoms with Crippen molar-refractivity contribution in [3.63, 3.8) is 0 Å². The maximum Gasteiger partial charge on any atom is 0.411 e. The first-order valence-electron chi connectivity index (χ1n) is 9.78. The summed E-state index contributed by atoms with van der Waals surface area (Å²) in [6, 6.07) is 17.4. The molecule has 2 aromatic carbocycles. The van der Waals surface area contributed by atoms with E-state index in [4.69, 9.17) is 4.74 Å². The number of aromatic amines is 1. The number of aliphatic hydroxyl groups excluding tert-OH is 1. The van der Waals surface area contributed by atoms with Crippen molar-refractivity contribution in [2.45, 2.75) is 18.4 Å². The molecule has 7 heteroatoms. The van der Waals surface area contributed by atoms with E-state index in [1.807, 2.05) is 54.6 Å². The Morgan fingerprint density at radius 1 is 1.13 bits per heavy atom. The summed E-state index contributed by atoms with van der Waals surface area (Å²) in [4.78, 5) is 16.5. The van der Waals surface area contributed by atoms with Crippen LogP contribution in [0.2, 0.25) is 0 Å².